The van der Waals surface area contributed by atoms with Crippen LogP contribution in [-0.2, 0) is 12.8 Å². The lowest BCUT2D eigenvalue weighted by Crippen LogP contribution is -2.16. The summed E-state index contributed by atoms with van der Waals surface area (Å²) < 4.78 is 5.92. The molecule has 0 heterocycles. The molecular weight excluding hydrogens is 358 g/mol. The SMILES string of the molecule is CCc1ccc(Cl)c(CC)c1NC(=O)c1ccccc1Oc1ccccc1. The summed E-state index contributed by atoms with van der Waals surface area (Å²) in [6.45, 7) is 4.09. The van der Waals surface area contributed by atoms with Gasteiger partial charge >= 0.3 is 0 Å². The molecule has 0 atom stereocenters. The standard InChI is InChI=1S/C23H22ClNO2/c1-3-16-14-15-20(24)18(4-2)22(16)25-23(26)19-12-8-9-13-21(19)27-17-10-6-5-7-11-17/h5-15H,3-4H2,1-2H3,(H,25,26). The second-order valence-electron chi connectivity index (χ2n) is 6.13. The van der Waals surface area contributed by atoms with Gasteiger partial charge in [-0.3, -0.25) is 4.79 Å². The molecule has 0 aromatic heterocycles. The molecule has 4 heteroatoms. The summed E-state index contributed by atoms with van der Waals surface area (Å²) in [5.74, 6) is 0.983. The van der Waals surface area contributed by atoms with Gasteiger partial charge in [0.15, 0.2) is 0 Å². The zero-order valence-corrected chi connectivity index (χ0v) is 16.2. The van der Waals surface area contributed by atoms with Crippen LogP contribution in [0.4, 0.5) is 5.69 Å². The zero-order chi connectivity index (χ0) is 19.2. The molecule has 0 radical (unpaired) electrons. The minimum Gasteiger partial charge on any atom is -0.457 e. The molecule has 1 N–H and O–H groups in total. The fraction of sp³-hybridized carbons (Fsp3) is 0.174. The molecule has 3 aromatic carbocycles. The molecule has 27 heavy (non-hydrogen) atoms. The maximum Gasteiger partial charge on any atom is 0.259 e. The molecule has 3 aromatic rings. The molecule has 0 saturated carbocycles. The van der Waals surface area contributed by atoms with Crippen LogP contribution in [0.2, 0.25) is 5.02 Å². The van der Waals surface area contributed by atoms with Crippen molar-refractivity contribution in [1.29, 1.82) is 0 Å². The number of anilines is 1. The fourth-order valence-electron chi connectivity index (χ4n) is 3.01. The van der Waals surface area contributed by atoms with Crippen LogP contribution in [0.25, 0.3) is 0 Å². The van der Waals surface area contributed by atoms with E-state index in [1.165, 1.54) is 0 Å². The Bertz CT molecular complexity index is 938. The molecule has 1 amide bonds. The highest BCUT2D eigenvalue weighted by Crippen LogP contribution is 2.31. The summed E-state index contributed by atoms with van der Waals surface area (Å²) in [4.78, 5) is 13.0. The van der Waals surface area contributed by atoms with Gasteiger partial charge in [0.05, 0.1) is 5.56 Å². The van der Waals surface area contributed by atoms with Crippen LogP contribution in [0.5, 0.6) is 11.5 Å². The predicted octanol–water partition coefficient (Wildman–Crippen LogP) is 6.51. The van der Waals surface area contributed by atoms with E-state index in [1.807, 2.05) is 61.5 Å². The molecule has 0 aliphatic carbocycles. The van der Waals surface area contributed by atoms with Gasteiger partial charge < -0.3 is 10.1 Å². The Hall–Kier alpha value is -2.78. The van der Waals surface area contributed by atoms with Gasteiger partial charge in [-0.05, 0) is 54.3 Å². The average Bonchev–Trinajstić information content (AvgIpc) is 2.69. The molecule has 0 aliphatic rings. The second-order valence-corrected chi connectivity index (χ2v) is 6.54. The number of amides is 1. The van der Waals surface area contributed by atoms with E-state index in [1.54, 1.807) is 12.1 Å². The molecule has 3 nitrogen and oxygen atoms in total. The molecule has 0 saturated heterocycles. The Labute approximate surface area is 164 Å². The van der Waals surface area contributed by atoms with Crippen LogP contribution in [0.1, 0.15) is 35.3 Å². The van der Waals surface area contributed by atoms with Crippen molar-refractivity contribution in [3.8, 4) is 11.5 Å². The highest BCUT2D eigenvalue weighted by molar-refractivity contribution is 6.32. The largest absolute Gasteiger partial charge is 0.457 e. The van der Waals surface area contributed by atoms with Gasteiger partial charge in [0.25, 0.3) is 5.91 Å². The third-order valence-electron chi connectivity index (χ3n) is 4.42. The maximum absolute atomic E-state index is 13.0. The Balaban J connectivity index is 1.93. The third kappa shape index (κ3) is 4.32. The number of halogens is 1. The molecule has 0 aliphatic heterocycles. The minimum atomic E-state index is -0.215. The lowest BCUT2D eigenvalue weighted by molar-refractivity contribution is 0.102. The summed E-state index contributed by atoms with van der Waals surface area (Å²) in [7, 11) is 0. The van der Waals surface area contributed by atoms with Gasteiger partial charge in [0.1, 0.15) is 11.5 Å². The Morgan fingerprint density at radius 3 is 2.33 bits per heavy atom. The zero-order valence-electron chi connectivity index (χ0n) is 15.5. The number of para-hydroxylation sites is 2. The van der Waals surface area contributed by atoms with Gasteiger partial charge in [0.2, 0.25) is 0 Å². The summed E-state index contributed by atoms with van der Waals surface area (Å²) >= 11 is 6.35. The molecule has 0 unspecified atom stereocenters. The molecule has 0 bridgehead atoms. The van der Waals surface area contributed by atoms with E-state index >= 15 is 0 Å². The van der Waals surface area contributed by atoms with E-state index in [0.717, 1.165) is 29.7 Å². The first-order valence-corrected chi connectivity index (χ1v) is 9.45. The number of benzene rings is 3. The van der Waals surface area contributed by atoms with Crippen molar-refractivity contribution in [3.63, 3.8) is 0 Å². The van der Waals surface area contributed by atoms with Crippen molar-refractivity contribution in [2.45, 2.75) is 26.7 Å². The van der Waals surface area contributed by atoms with Crippen LogP contribution in [0, 0.1) is 0 Å². The second kappa shape index (κ2) is 8.74. The van der Waals surface area contributed by atoms with E-state index in [9.17, 15) is 4.79 Å². The topological polar surface area (TPSA) is 38.3 Å². The smallest absolute Gasteiger partial charge is 0.259 e. The highest BCUT2D eigenvalue weighted by Gasteiger charge is 2.17. The van der Waals surface area contributed by atoms with Crippen LogP contribution in [0.15, 0.2) is 66.7 Å². The third-order valence-corrected chi connectivity index (χ3v) is 4.77. The summed E-state index contributed by atoms with van der Waals surface area (Å²) in [6, 6.07) is 20.5. The lowest BCUT2D eigenvalue weighted by atomic mass is 10.0. The Morgan fingerprint density at radius 1 is 0.926 bits per heavy atom. The average molecular weight is 380 g/mol. The number of rotatable bonds is 6. The van der Waals surface area contributed by atoms with Crippen molar-refractivity contribution in [3.05, 3.63) is 88.4 Å². The lowest BCUT2D eigenvalue weighted by Gasteiger charge is -2.17. The van der Waals surface area contributed by atoms with Gasteiger partial charge in [-0.1, -0.05) is 61.8 Å². The van der Waals surface area contributed by atoms with Gasteiger partial charge in [-0.25, -0.2) is 0 Å². The fourth-order valence-corrected chi connectivity index (χ4v) is 3.30. The first kappa shape index (κ1) is 19.0. The minimum absolute atomic E-state index is 0.215. The Morgan fingerprint density at radius 2 is 1.63 bits per heavy atom. The molecule has 0 spiro atoms. The van der Waals surface area contributed by atoms with Crippen LogP contribution < -0.4 is 10.1 Å². The van der Waals surface area contributed by atoms with Gasteiger partial charge in [0, 0.05) is 10.7 Å². The summed E-state index contributed by atoms with van der Waals surface area (Å²) in [5.41, 5.74) is 3.29. The predicted molar refractivity (Wildman–Crippen MR) is 111 cm³/mol. The van der Waals surface area contributed by atoms with E-state index in [2.05, 4.69) is 12.2 Å². The van der Waals surface area contributed by atoms with Crippen LogP contribution in [0.3, 0.4) is 0 Å². The van der Waals surface area contributed by atoms with Crippen LogP contribution in [-0.4, -0.2) is 5.91 Å². The number of aryl methyl sites for hydroxylation is 1. The van der Waals surface area contributed by atoms with Crippen molar-refractivity contribution >= 4 is 23.2 Å². The highest BCUT2D eigenvalue weighted by atomic mass is 35.5. The number of carbonyl (C=O) groups is 1. The molecule has 138 valence electrons. The van der Waals surface area contributed by atoms with Crippen molar-refractivity contribution in [2.24, 2.45) is 0 Å². The first-order chi connectivity index (χ1) is 13.1. The van der Waals surface area contributed by atoms with Crippen molar-refractivity contribution in [2.75, 3.05) is 5.32 Å². The van der Waals surface area contributed by atoms with Crippen molar-refractivity contribution < 1.29 is 9.53 Å². The monoisotopic (exact) mass is 379 g/mol. The normalized spacial score (nSPS) is 10.5. The van der Waals surface area contributed by atoms with E-state index in [0.29, 0.717) is 22.1 Å². The summed E-state index contributed by atoms with van der Waals surface area (Å²) in [5, 5.41) is 3.73. The number of hydrogen-bond donors (Lipinski definition) is 1. The van der Waals surface area contributed by atoms with E-state index < -0.39 is 0 Å². The molecule has 0 fully saturated rings. The molecular formula is C23H22ClNO2. The maximum atomic E-state index is 13.0. The quantitative estimate of drug-likeness (QED) is 0.530. The number of nitrogens with one attached hydrogen (secondary N) is 1. The van der Waals surface area contributed by atoms with E-state index in [4.69, 9.17) is 16.3 Å². The Kier molecular flexibility index (Phi) is 6.15. The molecule has 3 rings (SSSR count). The first-order valence-electron chi connectivity index (χ1n) is 9.07. The number of carbonyl (C=O) groups excluding carboxylic acids is 1. The van der Waals surface area contributed by atoms with Crippen LogP contribution >= 0.6 is 11.6 Å². The van der Waals surface area contributed by atoms with E-state index in [-0.39, 0.29) is 5.91 Å². The van der Waals surface area contributed by atoms with Gasteiger partial charge in [-0.2, -0.15) is 0 Å². The van der Waals surface area contributed by atoms with Gasteiger partial charge in [-0.15, -0.1) is 0 Å². The number of ether oxygens (including phenoxy) is 1. The summed E-state index contributed by atoms with van der Waals surface area (Å²) in [6.07, 6.45) is 1.55. The van der Waals surface area contributed by atoms with Crippen molar-refractivity contribution in [1.82, 2.24) is 0 Å². The number of hydrogen-bond acceptors (Lipinski definition) is 2.